The second kappa shape index (κ2) is 5.01. The molecule has 0 aliphatic carbocycles. The molecule has 112 valence electrons. The third-order valence-electron chi connectivity index (χ3n) is 4.28. The lowest BCUT2D eigenvalue weighted by molar-refractivity contribution is -0.117. The molecule has 2 aliphatic rings. The summed E-state index contributed by atoms with van der Waals surface area (Å²) in [6.45, 7) is 0.755. The molecule has 1 amide bonds. The van der Waals surface area contributed by atoms with Crippen molar-refractivity contribution in [1.82, 2.24) is 15.0 Å². The summed E-state index contributed by atoms with van der Waals surface area (Å²) in [4.78, 5) is 28.4. The van der Waals surface area contributed by atoms with Gasteiger partial charge >= 0.3 is 0 Å². The number of halogens is 1. The number of hydrogen-bond donors (Lipinski definition) is 0. The number of carbonyl (C=O) groups excluding carboxylic acids is 1. The smallest absolute Gasteiger partial charge is 0.229 e. The van der Waals surface area contributed by atoms with E-state index >= 15 is 0 Å². The Morgan fingerprint density at radius 2 is 2.00 bits per heavy atom. The van der Waals surface area contributed by atoms with Gasteiger partial charge in [0, 0.05) is 19.2 Å². The molecule has 0 spiro atoms. The van der Waals surface area contributed by atoms with Crippen LogP contribution >= 0.6 is 0 Å². The quantitative estimate of drug-likeness (QED) is 0.838. The molecule has 2 aromatic rings. The van der Waals surface area contributed by atoms with Gasteiger partial charge in [0.15, 0.2) is 5.82 Å². The molecule has 2 aliphatic heterocycles. The lowest BCUT2D eigenvalue weighted by Crippen LogP contribution is -2.38. The molecule has 0 bridgehead atoms. The van der Waals surface area contributed by atoms with Crippen molar-refractivity contribution < 1.29 is 9.18 Å². The third kappa shape index (κ3) is 2.01. The van der Waals surface area contributed by atoms with Crippen LogP contribution in [0.5, 0.6) is 0 Å². The summed E-state index contributed by atoms with van der Waals surface area (Å²) in [6.07, 6.45) is 6.97. The number of pyridine rings is 1. The Bertz CT molecular complexity index is 693. The van der Waals surface area contributed by atoms with E-state index in [4.69, 9.17) is 0 Å². The monoisotopic (exact) mass is 299 g/mol. The van der Waals surface area contributed by atoms with Crippen molar-refractivity contribution in [2.75, 3.05) is 16.3 Å². The maximum Gasteiger partial charge on any atom is 0.229 e. The Hall–Kier alpha value is -2.57. The Balaban J connectivity index is 1.63. The van der Waals surface area contributed by atoms with E-state index < -0.39 is 5.82 Å². The van der Waals surface area contributed by atoms with Crippen molar-refractivity contribution in [1.29, 1.82) is 0 Å². The molecule has 2 fully saturated rings. The third-order valence-corrected chi connectivity index (χ3v) is 4.28. The van der Waals surface area contributed by atoms with Crippen LogP contribution in [-0.2, 0) is 4.79 Å². The van der Waals surface area contributed by atoms with Crippen molar-refractivity contribution in [3.05, 3.63) is 42.7 Å². The van der Waals surface area contributed by atoms with Gasteiger partial charge in [0.05, 0.1) is 36.4 Å². The van der Waals surface area contributed by atoms with Crippen LogP contribution in [0, 0.1) is 5.82 Å². The molecule has 0 aromatic carbocycles. The van der Waals surface area contributed by atoms with Crippen LogP contribution in [0.25, 0.3) is 0 Å². The van der Waals surface area contributed by atoms with Crippen LogP contribution in [0.1, 0.15) is 12.8 Å². The van der Waals surface area contributed by atoms with Gasteiger partial charge < -0.3 is 9.80 Å². The lowest BCUT2D eigenvalue weighted by atomic mass is 10.1. The molecular formula is C15H14FN5O. The van der Waals surface area contributed by atoms with Crippen molar-refractivity contribution in [3.8, 4) is 0 Å². The van der Waals surface area contributed by atoms with Crippen LogP contribution in [-0.4, -0.2) is 39.5 Å². The number of rotatable bonds is 2. The van der Waals surface area contributed by atoms with Gasteiger partial charge in [-0.3, -0.25) is 9.78 Å². The van der Waals surface area contributed by atoms with E-state index in [0.717, 1.165) is 31.0 Å². The number of aromatic nitrogens is 3. The summed E-state index contributed by atoms with van der Waals surface area (Å²) in [5.74, 6) is 0.100. The Kier molecular flexibility index (Phi) is 2.99. The molecule has 0 N–H and O–H groups in total. The predicted molar refractivity (Wildman–Crippen MR) is 77.9 cm³/mol. The SMILES string of the molecule is O=C1CC2C(CCN2c2ncc(F)cn2)N1c1cccnc1. The molecule has 2 atom stereocenters. The predicted octanol–water partition coefficient (Wildman–Crippen LogP) is 1.39. The molecule has 2 unspecified atom stereocenters. The number of carbonyl (C=O) groups is 1. The van der Waals surface area contributed by atoms with Gasteiger partial charge in [-0.15, -0.1) is 0 Å². The van der Waals surface area contributed by atoms with Crippen LogP contribution in [0.3, 0.4) is 0 Å². The summed E-state index contributed by atoms with van der Waals surface area (Å²) in [5.41, 5.74) is 0.821. The second-order valence-electron chi connectivity index (χ2n) is 5.50. The number of fused-ring (bicyclic) bond motifs is 1. The summed E-state index contributed by atoms with van der Waals surface area (Å²) in [7, 11) is 0. The summed E-state index contributed by atoms with van der Waals surface area (Å²) < 4.78 is 13.0. The first-order chi connectivity index (χ1) is 10.7. The average Bonchev–Trinajstić information content (AvgIpc) is 3.07. The standard InChI is InChI=1S/C15H14FN5O/c16-10-7-18-15(19-8-10)20-5-3-12-13(20)6-14(22)21(12)11-2-1-4-17-9-11/h1-2,4,7-9,12-13H,3,5-6H2. The van der Waals surface area contributed by atoms with Gasteiger partial charge in [-0.1, -0.05) is 0 Å². The summed E-state index contributed by atoms with van der Waals surface area (Å²) in [6, 6.07) is 3.83. The molecule has 6 nitrogen and oxygen atoms in total. The van der Waals surface area contributed by atoms with E-state index in [1.165, 1.54) is 0 Å². The first-order valence-corrected chi connectivity index (χ1v) is 7.20. The van der Waals surface area contributed by atoms with Gasteiger partial charge in [-0.05, 0) is 18.6 Å². The molecule has 0 saturated carbocycles. The fourth-order valence-electron chi connectivity index (χ4n) is 3.38. The second-order valence-corrected chi connectivity index (χ2v) is 5.50. The van der Waals surface area contributed by atoms with Gasteiger partial charge in [0.2, 0.25) is 11.9 Å². The highest BCUT2D eigenvalue weighted by Gasteiger charge is 2.48. The van der Waals surface area contributed by atoms with E-state index in [-0.39, 0.29) is 18.0 Å². The summed E-state index contributed by atoms with van der Waals surface area (Å²) in [5, 5.41) is 0. The van der Waals surface area contributed by atoms with Crippen LogP contribution < -0.4 is 9.80 Å². The summed E-state index contributed by atoms with van der Waals surface area (Å²) >= 11 is 0. The maximum atomic E-state index is 13.0. The fourth-order valence-corrected chi connectivity index (χ4v) is 3.38. The highest BCUT2D eigenvalue weighted by Crippen LogP contribution is 2.36. The molecule has 0 radical (unpaired) electrons. The minimum atomic E-state index is -0.459. The maximum absolute atomic E-state index is 13.0. The normalized spacial score (nSPS) is 24.0. The lowest BCUT2D eigenvalue weighted by Gasteiger charge is -2.25. The van der Waals surface area contributed by atoms with E-state index in [0.29, 0.717) is 12.4 Å². The first-order valence-electron chi connectivity index (χ1n) is 7.20. The fraction of sp³-hybridized carbons (Fsp3) is 0.333. The number of amides is 1. The minimum Gasteiger partial charge on any atom is -0.335 e. The number of nitrogens with zero attached hydrogens (tertiary/aromatic N) is 5. The molecular weight excluding hydrogens is 285 g/mol. The molecule has 4 rings (SSSR count). The molecule has 2 aromatic heterocycles. The highest BCUT2D eigenvalue weighted by molar-refractivity contribution is 5.97. The van der Waals surface area contributed by atoms with Crippen molar-refractivity contribution in [3.63, 3.8) is 0 Å². The topological polar surface area (TPSA) is 62.2 Å². The van der Waals surface area contributed by atoms with Crippen molar-refractivity contribution in [2.45, 2.75) is 24.9 Å². The van der Waals surface area contributed by atoms with E-state index in [1.807, 2.05) is 21.9 Å². The van der Waals surface area contributed by atoms with Gasteiger partial charge in [-0.25, -0.2) is 14.4 Å². The van der Waals surface area contributed by atoms with E-state index in [9.17, 15) is 9.18 Å². The number of hydrogen-bond acceptors (Lipinski definition) is 5. The molecule has 4 heterocycles. The van der Waals surface area contributed by atoms with Gasteiger partial charge in [0.25, 0.3) is 0 Å². The van der Waals surface area contributed by atoms with E-state index in [1.54, 1.807) is 12.4 Å². The zero-order valence-electron chi connectivity index (χ0n) is 11.8. The average molecular weight is 299 g/mol. The van der Waals surface area contributed by atoms with Crippen molar-refractivity contribution >= 4 is 17.5 Å². The largest absolute Gasteiger partial charge is 0.335 e. The zero-order valence-corrected chi connectivity index (χ0v) is 11.8. The Labute approximate surface area is 126 Å². The minimum absolute atomic E-state index is 0.0261. The molecule has 22 heavy (non-hydrogen) atoms. The zero-order chi connectivity index (χ0) is 15.1. The molecule has 2 saturated heterocycles. The first kappa shape index (κ1) is 13.1. The van der Waals surface area contributed by atoms with Gasteiger partial charge in [0.1, 0.15) is 0 Å². The Morgan fingerprint density at radius 1 is 1.18 bits per heavy atom. The van der Waals surface area contributed by atoms with Gasteiger partial charge in [-0.2, -0.15) is 0 Å². The highest BCUT2D eigenvalue weighted by atomic mass is 19.1. The van der Waals surface area contributed by atoms with Crippen molar-refractivity contribution in [2.24, 2.45) is 0 Å². The van der Waals surface area contributed by atoms with Crippen LogP contribution in [0.4, 0.5) is 16.0 Å². The number of anilines is 2. The van der Waals surface area contributed by atoms with Crippen LogP contribution in [0.2, 0.25) is 0 Å². The Morgan fingerprint density at radius 3 is 2.73 bits per heavy atom. The molecule has 7 heteroatoms. The van der Waals surface area contributed by atoms with Crippen LogP contribution in [0.15, 0.2) is 36.9 Å². The van der Waals surface area contributed by atoms with E-state index in [2.05, 4.69) is 15.0 Å².